The number of rotatable bonds is 1. The third-order valence-corrected chi connectivity index (χ3v) is 3.92. The van der Waals surface area contributed by atoms with Crippen molar-refractivity contribution in [3.63, 3.8) is 0 Å². The maximum atomic E-state index is 12.1. The molecule has 5 heteroatoms. The summed E-state index contributed by atoms with van der Waals surface area (Å²) in [7, 11) is 0. The van der Waals surface area contributed by atoms with Crippen LogP contribution in [0.2, 0.25) is 0 Å². The number of fused-ring (bicyclic) bond motifs is 3. The molecule has 0 unspecified atom stereocenters. The molecule has 21 heavy (non-hydrogen) atoms. The fraction of sp³-hybridized carbons (Fsp3) is 0. The van der Waals surface area contributed by atoms with E-state index in [0.29, 0.717) is 11.0 Å². The summed E-state index contributed by atoms with van der Waals surface area (Å²) >= 11 is 3.38. The van der Waals surface area contributed by atoms with Crippen LogP contribution in [-0.4, -0.2) is 9.78 Å². The van der Waals surface area contributed by atoms with Crippen molar-refractivity contribution in [3.8, 4) is 5.69 Å². The molecule has 0 saturated carbocycles. The molecule has 2 heterocycles. The van der Waals surface area contributed by atoms with Gasteiger partial charge in [0.2, 0.25) is 0 Å². The molecule has 0 radical (unpaired) electrons. The summed E-state index contributed by atoms with van der Waals surface area (Å²) in [5, 5.41) is 6.55. The summed E-state index contributed by atoms with van der Waals surface area (Å²) in [5.74, 6) is 0. The second kappa shape index (κ2) is 4.56. The Hall–Kier alpha value is -2.40. The van der Waals surface area contributed by atoms with E-state index in [9.17, 15) is 4.79 Å². The molecule has 0 spiro atoms. The van der Waals surface area contributed by atoms with Gasteiger partial charge in [-0.05, 0) is 35.7 Å². The Morgan fingerprint density at radius 2 is 1.90 bits per heavy atom. The van der Waals surface area contributed by atoms with E-state index in [2.05, 4.69) is 21.0 Å². The normalized spacial score (nSPS) is 11.3. The molecule has 2 aromatic carbocycles. The number of hydrogen-bond donors (Lipinski definition) is 0. The minimum atomic E-state index is -0.337. The van der Waals surface area contributed by atoms with Crippen molar-refractivity contribution in [1.82, 2.24) is 9.78 Å². The van der Waals surface area contributed by atoms with Crippen LogP contribution in [0, 0.1) is 0 Å². The van der Waals surface area contributed by atoms with Crippen molar-refractivity contribution in [2.24, 2.45) is 0 Å². The molecule has 0 amide bonds. The molecule has 0 saturated heterocycles. The number of halogens is 1. The van der Waals surface area contributed by atoms with Crippen LogP contribution in [0.15, 0.2) is 68.5 Å². The Labute approximate surface area is 127 Å². The Bertz CT molecular complexity index is 1020. The van der Waals surface area contributed by atoms with Gasteiger partial charge in [0.05, 0.1) is 11.1 Å². The van der Waals surface area contributed by atoms with Gasteiger partial charge in [0, 0.05) is 28.3 Å². The Balaban J connectivity index is 2.08. The van der Waals surface area contributed by atoms with E-state index >= 15 is 0 Å². The molecule has 2 aromatic heterocycles. The fourth-order valence-electron chi connectivity index (χ4n) is 2.46. The molecule has 4 aromatic rings. The van der Waals surface area contributed by atoms with Crippen LogP contribution >= 0.6 is 15.9 Å². The Morgan fingerprint density at radius 3 is 2.71 bits per heavy atom. The van der Waals surface area contributed by atoms with Crippen LogP contribution in [0.4, 0.5) is 0 Å². The monoisotopic (exact) mass is 340 g/mol. The molecule has 0 N–H and O–H groups in total. The molecule has 4 rings (SSSR count). The summed E-state index contributed by atoms with van der Waals surface area (Å²) in [6.07, 6.45) is 3.55. The van der Waals surface area contributed by atoms with Gasteiger partial charge in [0.15, 0.2) is 0 Å². The van der Waals surface area contributed by atoms with Gasteiger partial charge >= 0.3 is 5.63 Å². The molecular weight excluding hydrogens is 332 g/mol. The van der Waals surface area contributed by atoms with Crippen LogP contribution in [0.1, 0.15) is 0 Å². The van der Waals surface area contributed by atoms with Gasteiger partial charge in [-0.15, -0.1) is 0 Å². The quantitative estimate of drug-likeness (QED) is 0.390. The van der Waals surface area contributed by atoms with Gasteiger partial charge in [0.1, 0.15) is 5.58 Å². The van der Waals surface area contributed by atoms with Crippen molar-refractivity contribution in [2.75, 3.05) is 0 Å². The van der Waals surface area contributed by atoms with Gasteiger partial charge in [-0.2, -0.15) is 5.10 Å². The summed E-state index contributed by atoms with van der Waals surface area (Å²) in [6.45, 7) is 0. The lowest BCUT2D eigenvalue weighted by atomic mass is 10.1. The number of aromatic nitrogens is 2. The molecule has 4 nitrogen and oxygen atoms in total. The Kier molecular flexibility index (Phi) is 2.68. The summed E-state index contributed by atoms with van der Waals surface area (Å²) in [4.78, 5) is 12.1. The van der Waals surface area contributed by atoms with E-state index in [4.69, 9.17) is 4.42 Å². The van der Waals surface area contributed by atoms with Crippen LogP contribution in [0.25, 0.3) is 27.4 Å². The van der Waals surface area contributed by atoms with Gasteiger partial charge in [-0.25, -0.2) is 9.48 Å². The van der Waals surface area contributed by atoms with E-state index in [0.717, 1.165) is 20.9 Å². The van der Waals surface area contributed by atoms with E-state index in [-0.39, 0.29) is 5.63 Å². The zero-order valence-corrected chi connectivity index (χ0v) is 12.4. The molecule has 0 atom stereocenters. The van der Waals surface area contributed by atoms with Crippen molar-refractivity contribution >= 4 is 37.7 Å². The SMILES string of the molecule is O=c1oc2cc(-n3cccn3)ccc2c2ccc(Br)cc12. The van der Waals surface area contributed by atoms with Crippen molar-refractivity contribution in [2.45, 2.75) is 0 Å². The predicted octanol–water partition coefficient (Wildman–Crippen LogP) is 3.89. The van der Waals surface area contributed by atoms with Gasteiger partial charge in [-0.1, -0.05) is 22.0 Å². The smallest absolute Gasteiger partial charge is 0.344 e. The van der Waals surface area contributed by atoms with Crippen LogP contribution in [0.3, 0.4) is 0 Å². The lowest BCUT2D eigenvalue weighted by Crippen LogP contribution is -2.01. The van der Waals surface area contributed by atoms with E-state index in [1.807, 2.05) is 42.6 Å². The first-order chi connectivity index (χ1) is 10.2. The first-order valence-electron chi connectivity index (χ1n) is 6.38. The predicted molar refractivity (Wildman–Crippen MR) is 84.8 cm³/mol. The van der Waals surface area contributed by atoms with Crippen molar-refractivity contribution in [1.29, 1.82) is 0 Å². The topological polar surface area (TPSA) is 48.0 Å². The van der Waals surface area contributed by atoms with Crippen LogP contribution < -0.4 is 5.63 Å². The highest BCUT2D eigenvalue weighted by atomic mass is 79.9. The van der Waals surface area contributed by atoms with Gasteiger partial charge < -0.3 is 4.42 Å². The molecule has 0 fully saturated rings. The largest absolute Gasteiger partial charge is 0.422 e. The zero-order chi connectivity index (χ0) is 14.4. The summed E-state index contributed by atoms with van der Waals surface area (Å²) in [5.41, 5.74) is 1.08. The highest BCUT2D eigenvalue weighted by molar-refractivity contribution is 9.10. The van der Waals surface area contributed by atoms with Crippen molar-refractivity contribution < 1.29 is 4.42 Å². The maximum absolute atomic E-state index is 12.1. The molecule has 0 aliphatic rings. The van der Waals surface area contributed by atoms with Gasteiger partial charge in [0.25, 0.3) is 0 Å². The fourth-order valence-corrected chi connectivity index (χ4v) is 2.82. The molecule has 102 valence electrons. The summed E-state index contributed by atoms with van der Waals surface area (Å²) < 4.78 is 8.03. The number of hydrogen-bond acceptors (Lipinski definition) is 3. The molecule has 0 bridgehead atoms. The van der Waals surface area contributed by atoms with E-state index < -0.39 is 0 Å². The second-order valence-corrected chi connectivity index (χ2v) is 5.63. The molecular formula is C16H9BrN2O2. The van der Waals surface area contributed by atoms with E-state index in [1.54, 1.807) is 16.9 Å². The Morgan fingerprint density at radius 1 is 1.05 bits per heavy atom. The highest BCUT2D eigenvalue weighted by Crippen LogP contribution is 2.26. The van der Waals surface area contributed by atoms with Crippen molar-refractivity contribution in [3.05, 3.63) is 69.8 Å². The first kappa shape index (κ1) is 12.3. The minimum absolute atomic E-state index is 0.337. The minimum Gasteiger partial charge on any atom is -0.422 e. The lowest BCUT2D eigenvalue weighted by molar-refractivity contribution is 0.569. The standard InChI is InChI=1S/C16H9BrN2O2/c17-10-2-4-12-13-5-3-11(19-7-1-6-18-19)9-15(13)21-16(20)14(12)8-10/h1-9H. The average molecular weight is 341 g/mol. The number of benzene rings is 2. The van der Waals surface area contributed by atoms with Gasteiger partial charge in [-0.3, -0.25) is 0 Å². The maximum Gasteiger partial charge on any atom is 0.344 e. The lowest BCUT2D eigenvalue weighted by Gasteiger charge is -2.06. The number of nitrogens with zero attached hydrogens (tertiary/aromatic N) is 2. The first-order valence-corrected chi connectivity index (χ1v) is 7.18. The molecule has 0 aliphatic carbocycles. The average Bonchev–Trinajstić information content (AvgIpc) is 3.01. The zero-order valence-electron chi connectivity index (χ0n) is 10.8. The summed E-state index contributed by atoms with van der Waals surface area (Å²) in [6, 6.07) is 13.2. The molecule has 0 aliphatic heterocycles. The third-order valence-electron chi connectivity index (χ3n) is 3.43. The highest BCUT2D eigenvalue weighted by Gasteiger charge is 2.09. The van der Waals surface area contributed by atoms with Crippen LogP contribution in [-0.2, 0) is 0 Å². The third kappa shape index (κ3) is 1.97. The van der Waals surface area contributed by atoms with E-state index in [1.165, 1.54) is 0 Å². The van der Waals surface area contributed by atoms with Crippen LogP contribution in [0.5, 0.6) is 0 Å². The second-order valence-electron chi connectivity index (χ2n) is 4.71.